The summed E-state index contributed by atoms with van der Waals surface area (Å²) in [6, 6.07) is 23.2. The first kappa shape index (κ1) is 19.5. The van der Waals surface area contributed by atoms with Crippen LogP contribution in [0.2, 0.25) is 0 Å². The summed E-state index contributed by atoms with van der Waals surface area (Å²) >= 11 is 0. The first-order chi connectivity index (χ1) is 14.6. The molecule has 152 valence electrons. The third-order valence-electron chi connectivity index (χ3n) is 5.30. The van der Waals surface area contributed by atoms with Gasteiger partial charge in [-0.3, -0.25) is 10.1 Å². The van der Waals surface area contributed by atoms with Gasteiger partial charge in [0, 0.05) is 27.5 Å². The van der Waals surface area contributed by atoms with Gasteiger partial charge in [-0.1, -0.05) is 54.6 Å². The lowest BCUT2D eigenvalue weighted by Gasteiger charge is -2.19. The van der Waals surface area contributed by atoms with Crippen LogP contribution in [0, 0.1) is 10.1 Å². The lowest BCUT2D eigenvalue weighted by atomic mass is 9.87. The number of aromatic nitrogens is 1. The Kier molecular flexibility index (Phi) is 5.39. The third kappa shape index (κ3) is 3.59. The van der Waals surface area contributed by atoms with E-state index in [0.717, 1.165) is 33.3 Å². The Morgan fingerprint density at radius 2 is 1.70 bits per heavy atom. The van der Waals surface area contributed by atoms with Gasteiger partial charge in [0.2, 0.25) is 6.54 Å². The summed E-state index contributed by atoms with van der Waals surface area (Å²) in [6.45, 7) is -0.260. The Morgan fingerprint density at radius 1 is 0.967 bits per heavy atom. The molecule has 0 bridgehead atoms. The maximum atomic E-state index is 11.7. The van der Waals surface area contributed by atoms with Crippen LogP contribution in [0.4, 0.5) is 0 Å². The van der Waals surface area contributed by atoms with Crippen LogP contribution in [0.3, 0.4) is 0 Å². The fourth-order valence-electron chi connectivity index (χ4n) is 3.96. The van der Waals surface area contributed by atoms with Gasteiger partial charge in [0.15, 0.2) is 0 Å². The standard InChI is InChI=1S/C24H22N2O4/c1-29-17-12-13-18(22(14-17)30-2)20(15-26(27)28)23-19-10-6-7-11-21(19)25-24(23)16-8-4-3-5-9-16/h3-14,20,25H,15H2,1-2H3. The third-order valence-corrected chi connectivity index (χ3v) is 5.30. The molecular formula is C24H22N2O4. The van der Waals surface area contributed by atoms with Crippen LogP contribution < -0.4 is 9.47 Å². The minimum Gasteiger partial charge on any atom is -0.497 e. The molecule has 0 aliphatic heterocycles. The number of nitrogens with one attached hydrogen (secondary N) is 1. The van der Waals surface area contributed by atoms with E-state index in [9.17, 15) is 10.1 Å². The van der Waals surface area contributed by atoms with E-state index >= 15 is 0 Å². The zero-order chi connectivity index (χ0) is 21.1. The quantitative estimate of drug-likeness (QED) is 0.338. The molecule has 0 saturated carbocycles. The molecule has 0 amide bonds. The number of para-hydroxylation sites is 1. The van der Waals surface area contributed by atoms with Gasteiger partial charge in [-0.2, -0.15) is 0 Å². The van der Waals surface area contributed by atoms with E-state index < -0.39 is 5.92 Å². The molecule has 6 heteroatoms. The van der Waals surface area contributed by atoms with Gasteiger partial charge in [0.25, 0.3) is 0 Å². The van der Waals surface area contributed by atoms with Crippen molar-refractivity contribution in [2.75, 3.05) is 20.8 Å². The summed E-state index contributed by atoms with van der Waals surface area (Å²) in [5.41, 5.74) is 4.42. The maximum absolute atomic E-state index is 11.7. The highest BCUT2D eigenvalue weighted by Gasteiger charge is 2.30. The van der Waals surface area contributed by atoms with Crippen LogP contribution in [-0.4, -0.2) is 30.7 Å². The van der Waals surface area contributed by atoms with Crippen LogP contribution in [-0.2, 0) is 0 Å². The molecule has 6 nitrogen and oxygen atoms in total. The summed E-state index contributed by atoms with van der Waals surface area (Å²) in [4.78, 5) is 14.9. The second-order valence-electron chi connectivity index (χ2n) is 7.00. The molecule has 1 unspecified atom stereocenters. The molecule has 1 heterocycles. The molecule has 0 aliphatic rings. The molecule has 1 N–H and O–H groups in total. The molecule has 1 aromatic heterocycles. The Morgan fingerprint density at radius 3 is 2.40 bits per heavy atom. The maximum Gasteiger partial charge on any atom is 0.214 e. The summed E-state index contributed by atoms with van der Waals surface area (Å²) in [7, 11) is 3.14. The van der Waals surface area contributed by atoms with E-state index in [4.69, 9.17) is 9.47 Å². The minimum absolute atomic E-state index is 0.260. The normalized spacial score (nSPS) is 11.9. The van der Waals surface area contributed by atoms with Crippen molar-refractivity contribution in [2.24, 2.45) is 0 Å². The van der Waals surface area contributed by atoms with Crippen molar-refractivity contribution in [1.29, 1.82) is 0 Å². The monoisotopic (exact) mass is 402 g/mol. The smallest absolute Gasteiger partial charge is 0.214 e. The highest BCUT2D eigenvalue weighted by Crippen LogP contribution is 2.42. The van der Waals surface area contributed by atoms with Crippen LogP contribution in [0.25, 0.3) is 22.2 Å². The highest BCUT2D eigenvalue weighted by atomic mass is 16.6. The number of hydrogen-bond acceptors (Lipinski definition) is 4. The number of H-pyrrole nitrogens is 1. The minimum atomic E-state index is -0.507. The lowest BCUT2D eigenvalue weighted by molar-refractivity contribution is -0.481. The van der Waals surface area contributed by atoms with Crippen molar-refractivity contribution in [3.63, 3.8) is 0 Å². The average Bonchev–Trinajstić information content (AvgIpc) is 3.17. The molecule has 0 saturated heterocycles. The molecule has 0 radical (unpaired) electrons. The second kappa shape index (κ2) is 8.29. The average molecular weight is 402 g/mol. The number of nitrogens with zero attached hydrogens (tertiary/aromatic N) is 1. The number of hydrogen-bond donors (Lipinski definition) is 1. The number of fused-ring (bicyclic) bond motifs is 1. The fourth-order valence-corrected chi connectivity index (χ4v) is 3.96. The van der Waals surface area contributed by atoms with E-state index in [1.54, 1.807) is 20.3 Å². The molecule has 1 atom stereocenters. The zero-order valence-corrected chi connectivity index (χ0v) is 16.8. The highest BCUT2D eigenvalue weighted by molar-refractivity contribution is 5.92. The first-order valence-corrected chi connectivity index (χ1v) is 9.62. The van der Waals surface area contributed by atoms with Crippen LogP contribution in [0.15, 0.2) is 72.8 Å². The molecule has 4 aromatic rings. The van der Waals surface area contributed by atoms with Crippen LogP contribution in [0.1, 0.15) is 17.0 Å². The predicted octanol–water partition coefficient (Wildman–Crippen LogP) is 5.26. The largest absolute Gasteiger partial charge is 0.497 e. The molecule has 0 spiro atoms. The summed E-state index contributed by atoms with van der Waals surface area (Å²) < 4.78 is 10.9. The Hall–Kier alpha value is -3.80. The van der Waals surface area contributed by atoms with Gasteiger partial charge >= 0.3 is 0 Å². The van der Waals surface area contributed by atoms with Gasteiger partial charge in [0.1, 0.15) is 11.5 Å². The van der Waals surface area contributed by atoms with E-state index in [2.05, 4.69) is 4.98 Å². The van der Waals surface area contributed by atoms with Gasteiger partial charge < -0.3 is 14.5 Å². The number of nitro groups is 1. The summed E-state index contributed by atoms with van der Waals surface area (Å²) in [6.07, 6.45) is 0. The van der Waals surface area contributed by atoms with Crippen molar-refractivity contribution in [1.82, 2.24) is 4.98 Å². The topological polar surface area (TPSA) is 77.4 Å². The Labute approximate surface area is 174 Å². The van der Waals surface area contributed by atoms with Crippen molar-refractivity contribution < 1.29 is 14.4 Å². The van der Waals surface area contributed by atoms with Gasteiger partial charge in [-0.05, 0) is 23.3 Å². The van der Waals surface area contributed by atoms with Crippen molar-refractivity contribution in [3.8, 4) is 22.8 Å². The van der Waals surface area contributed by atoms with E-state index in [1.807, 2.05) is 66.7 Å². The van der Waals surface area contributed by atoms with E-state index in [0.29, 0.717) is 11.5 Å². The number of rotatable bonds is 7. The molecule has 4 rings (SSSR count). The van der Waals surface area contributed by atoms with Gasteiger partial charge in [-0.25, -0.2) is 0 Å². The molecule has 30 heavy (non-hydrogen) atoms. The SMILES string of the molecule is COc1ccc(C(C[N+](=O)[O-])c2c(-c3ccccc3)[nH]c3ccccc23)c(OC)c1. The fraction of sp³-hybridized carbons (Fsp3) is 0.167. The molecule has 0 aliphatic carbocycles. The van der Waals surface area contributed by atoms with Crippen molar-refractivity contribution >= 4 is 10.9 Å². The lowest BCUT2D eigenvalue weighted by Crippen LogP contribution is -2.15. The van der Waals surface area contributed by atoms with Crippen molar-refractivity contribution in [3.05, 3.63) is 94.0 Å². The number of aromatic amines is 1. The van der Waals surface area contributed by atoms with Gasteiger partial charge in [0.05, 0.1) is 25.8 Å². The van der Waals surface area contributed by atoms with Crippen molar-refractivity contribution in [2.45, 2.75) is 5.92 Å². The summed E-state index contributed by atoms with van der Waals surface area (Å²) in [5, 5.41) is 12.7. The number of methoxy groups -OCH3 is 2. The Balaban J connectivity index is 2.00. The first-order valence-electron chi connectivity index (χ1n) is 9.62. The number of ether oxygens (including phenoxy) is 2. The predicted molar refractivity (Wildman–Crippen MR) is 117 cm³/mol. The Bertz CT molecular complexity index is 1180. The van der Waals surface area contributed by atoms with Crippen LogP contribution >= 0.6 is 0 Å². The van der Waals surface area contributed by atoms with E-state index in [-0.39, 0.29) is 11.5 Å². The van der Waals surface area contributed by atoms with Crippen LogP contribution in [0.5, 0.6) is 11.5 Å². The summed E-state index contributed by atoms with van der Waals surface area (Å²) in [5.74, 6) is 0.690. The number of benzene rings is 3. The van der Waals surface area contributed by atoms with E-state index in [1.165, 1.54) is 0 Å². The molecule has 3 aromatic carbocycles. The zero-order valence-electron chi connectivity index (χ0n) is 16.8. The second-order valence-corrected chi connectivity index (χ2v) is 7.00. The molecule has 0 fully saturated rings. The molecular weight excluding hydrogens is 380 g/mol. The van der Waals surface area contributed by atoms with Gasteiger partial charge in [-0.15, -0.1) is 0 Å².